The highest BCUT2D eigenvalue weighted by atomic mass is 32.2. The second-order valence-corrected chi connectivity index (χ2v) is 5.76. The molecule has 7 heteroatoms. The molecule has 0 aliphatic carbocycles. The second kappa shape index (κ2) is 3.99. The second-order valence-electron chi connectivity index (χ2n) is 3.82. The molecule has 3 nitrogen and oxygen atoms in total. The zero-order chi connectivity index (χ0) is 12.7. The summed E-state index contributed by atoms with van der Waals surface area (Å²) in [6.45, 7) is 0.793. The number of rotatable bonds is 2. The van der Waals surface area contributed by atoms with E-state index in [0.29, 0.717) is 5.56 Å². The van der Waals surface area contributed by atoms with Crippen LogP contribution >= 0.6 is 0 Å². The molecule has 0 spiro atoms. The van der Waals surface area contributed by atoms with Crippen molar-refractivity contribution >= 4 is 9.84 Å². The molecular formula is C10H10F3NO2S. The number of alkyl halides is 3. The molecule has 1 heterocycles. The van der Waals surface area contributed by atoms with Gasteiger partial charge in [-0.05, 0) is 30.7 Å². The van der Waals surface area contributed by atoms with Gasteiger partial charge in [0, 0.05) is 6.04 Å². The first kappa shape index (κ1) is 12.4. The van der Waals surface area contributed by atoms with Gasteiger partial charge in [0.05, 0.1) is 4.90 Å². The van der Waals surface area contributed by atoms with Crippen LogP contribution < -0.4 is 5.32 Å². The van der Waals surface area contributed by atoms with Crippen molar-refractivity contribution in [2.75, 3.05) is 6.54 Å². The number of nitrogens with one attached hydrogen (secondary N) is 1. The Morgan fingerprint density at radius 3 is 2.41 bits per heavy atom. The first-order valence-electron chi connectivity index (χ1n) is 4.97. The van der Waals surface area contributed by atoms with Gasteiger partial charge in [0.15, 0.2) is 0 Å². The fraction of sp³-hybridized carbons (Fsp3) is 0.400. The Bertz CT molecular complexity index is 521. The van der Waals surface area contributed by atoms with Crippen molar-refractivity contribution in [1.82, 2.24) is 5.32 Å². The van der Waals surface area contributed by atoms with Crippen molar-refractivity contribution in [3.8, 4) is 0 Å². The molecule has 2 rings (SSSR count). The summed E-state index contributed by atoms with van der Waals surface area (Å²) < 4.78 is 59.4. The van der Waals surface area contributed by atoms with Crippen molar-refractivity contribution in [2.45, 2.75) is 22.9 Å². The van der Waals surface area contributed by atoms with E-state index in [-0.39, 0.29) is 6.04 Å². The molecule has 1 aliphatic heterocycles. The van der Waals surface area contributed by atoms with Crippen LogP contribution in [0.5, 0.6) is 0 Å². The van der Waals surface area contributed by atoms with Crippen molar-refractivity contribution in [3.63, 3.8) is 0 Å². The smallest absolute Gasteiger partial charge is 0.310 e. The molecule has 17 heavy (non-hydrogen) atoms. The fourth-order valence-electron chi connectivity index (χ4n) is 1.61. The van der Waals surface area contributed by atoms with Crippen LogP contribution in [0, 0.1) is 0 Å². The number of hydrogen-bond donors (Lipinski definition) is 1. The summed E-state index contributed by atoms with van der Waals surface area (Å²) in [6, 6.07) is 4.95. The summed E-state index contributed by atoms with van der Waals surface area (Å²) in [6.07, 6.45) is 0.801. The number of sulfone groups is 1. The van der Waals surface area contributed by atoms with Crippen molar-refractivity contribution < 1.29 is 21.6 Å². The fourth-order valence-corrected chi connectivity index (χ4v) is 2.42. The van der Waals surface area contributed by atoms with Gasteiger partial charge < -0.3 is 5.32 Å². The normalized spacial score (nSPS) is 21.0. The first-order chi connectivity index (χ1) is 7.82. The molecule has 0 saturated carbocycles. The van der Waals surface area contributed by atoms with E-state index < -0.39 is 20.2 Å². The number of halogens is 3. The van der Waals surface area contributed by atoms with E-state index in [1.54, 1.807) is 6.07 Å². The van der Waals surface area contributed by atoms with Crippen LogP contribution in [0.15, 0.2) is 29.2 Å². The van der Waals surface area contributed by atoms with Crippen molar-refractivity contribution in [3.05, 3.63) is 29.8 Å². The third-order valence-electron chi connectivity index (χ3n) is 2.70. The van der Waals surface area contributed by atoms with Crippen LogP contribution in [0.4, 0.5) is 13.2 Å². The maximum atomic E-state index is 12.3. The molecule has 1 N–H and O–H groups in total. The molecule has 0 bridgehead atoms. The first-order valence-corrected chi connectivity index (χ1v) is 6.45. The minimum Gasteiger partial charge on any atom is -0.310 e. The summed E-state index contributed by atoms with van der Waals surface area (Å²) in [4.78, 5) is -0.698. The van der Waals surface area contributed by atoms with Crippen molar-refractivity contribution in [2.24, 2.45) is 0 Å². The summed E-state index contributed by atoms with van der Waals surface area (Å²) in [7, 11) is -5.24. The Balaban J connectivity index is 2.40. The standard InChI is InChI=1S/C10H10F3NO2S/c11-10(12,13)17(15,16)8-3-1-2-7(6-8)9-4-5-14-9/h1-3,6,9,14H,4-5H2. The third-order valence-corrected chi connectivity index (χ3v) is 4.18. The number of hydrogen-bond acceptors (Lipinski definition) is 3. The lowest BCUT2D eigenvalue weighted by Gasteiger charge is -2.28. The van der Waals surface area contributed by atoms with E-state index in [0.717, 1.165) is 25.1 Å². The van der Waals surface area contributed by atoms with Gasteiger partial charge in [-0.15, -0.1) is 0 Å². The van der Waals surface area contributed by atoms with E-state index in [2.05, 4.69) is 5.32 Å². The maximum absolute atomic E-state index is 12.3. The molecule has 1 unspecified atom stereocenters. The molecule has 0 amide bonds. The Kier molecular flexibility index (Phi) is 2.90. The SMILES string of the molecule is O=S(=O)(c1cccc(C2CCN2)c1)C(F)(F)F. The lowest BCUT2D eigenvalue weighted by molar-refractivity contribution is -0.0436. The Morgan fingerprint density at radius 1 is 1.29 bits per heavy atom. The van der Waals surface area contributed by atoms with Gasteiger partial charge in [0.25, 0.3) is 9.84 Å². The molecule has 1 fully saturated rings. The minimum atomic E-state index is -5.25. The maximum Gasteiger partial charge on any atom is 0.501 e. The van der Waals surface area contributed by atoms with Crippen LogP contribution in [0.3, 0.4) is 0 Å². The quantitative estimate of drug-likeness (QED) is 0.889. The molecule has 1 saturated heterocycles. The predicted octanol–water partition coefficient (Wildman–Crippen LogP) is 2.01. The zero-order valence-electron chi connectivity index (χ0n) is 8.66. The summed E-state index contributed by atoms with van der Waals surface area (Å²) in [5.74, 6) is 0. The van der Waals surface area contributed by atoms with Gasteiger partial charge in [0.2, 0.25) is 0 Å². The van der Waals surface area contributed by atoms with Crippen LogP contribution in [-0.4, -0.2) is 20.5 Å². The average Bonchev–Trinajstić information content (AvgIpc) is 2.13. The Labute approximate surface area is 96.6 Å². The summed E-state index contributed by atoms with van der Waals surface area (Å²) >= 11 is 0. The van der Waals surface area contributed by atoms with Crippen molar-refractivity contribution in [1.29, 1.82) is 0 Å². The van der Waals surface area contributed by atoms with Gasteiger partial charge in [0.1, 0.15) is 0 Å². The zero-order valence-corrected chi connectivity index (χ0v) is 9.48. The topological polar surface area (TPSA) is 46.2 Å². The molecular weight excluding hydrogens is 255 g/mol. The van der Waals surface area contributed by atoms with Crippen LogP contribution in [0.1, 0.15) is 18.0 Å². The Hall–Kier alpha value is -1.08. The minimum absolute atomic E-state index is 0.0432. The largest absolute Gasteiger partial charge is 0.501 e. The third kappa shape index (κ3) is 2.16. The molecule has 1 aromatic carbocycles. The highest BCUT2D eigenvalue weighted by Crippen LogP contribution is 2.32. The van der Waals surface area contributed by atoms with E-state index in [1.807, 2.05) is 0 Å². The molecule has 0 aromatic heterocycles. The monoisotopic (exact) mass is 265 g/mol. The molecule has 1 aliphatic rings. The highest BCUT2D eigenvalue weighted by molar-refractivity contribution is 7.92. The number of benzene rings is 1. The summed E-state index contributed by atoms with van der Waals surface area (Å²) in [5.41, 5.74) is -4.68. The predicted molar refractivity (Wildman–Crippen MR) is 55.0 cm³/mol. The van der Waals surface area contributed by atoms with Gasteiger partial charge in [-0.1, -0.05) is 12.1 Å². The van der Waals surface area contributed by atoms with Gasteiger partial charge in [-0.25, -0.2) is 8.42 Å². The highest BCUT2D eigenvalue weighted by Gasteiger charge is 2.47. The molecule has 0 radical (unpaired) electrons. The lowest BCUT2D eigenvalue weighted by atomic mass is 9.98. The molecule has 1 aromatic rings. The lowest BCUT2D eigenvalue weighted by Crippen LogP contribution is -2.35. The summed E-state index contributed by atoms with van der Waals surface area (Å²) in [5, 5.41) is 3.00. The average molecular weight is 265 g/mol. The van der Waals surface area contributed by atoms with Gasteiger partial charge in [-0.2, -0.15) is 13.2 Å². The van der Waals surface area contributed by atoms with Crippen LogP contribution in [-0.2, 0) is 9.84 Å². The molecule has 1 atom stereocenters. The van der Waals surface area contributed by atoms with E-state index in [1.165, 1.54) is 6.07 Å². The van der Waals surface area contributed by atoms with Gasteiger partial charge in [-0.3, -0.25) is 0 Å². The van der Waals surface area contributed by atoms with Crippen LogP contribution in [0.2, 0.25) is 0 Å². The van der Waals surface area contributed by atoms with E-state index >= 15 is 0 Å². The molecule has 94 valence electrons. The van der Waals surface area contributed by atoms with E-state index in [9.17, 15) is 21.6 Å². The van der Waals surface area contributed by atoms with Crippen LogP contribution in [0.25, 0.3) is 0 Å². The van der Waals surface area contributed by atoms with Gasteiger partial charge >= 0.3 is 5.51 Å². The Morgan fingerprint density at radius 2 is 1.94 bits per heavy atom. The van der Waals surface area contributed by atoms with E-state index in [4.69, 9.17) is 0 Å².